The molecule has 0 fully saturated rings. The van der Waals surface area contributed by atoms with Gasteiger partial charge in [-0.2, -0.15) is 13.2 Å². The Kier molecular flexibility index (Phi) is 4.84. The summed E-state index contributed by atoms with van der Waals surface area (Å²) in [5, 5.41) is 2.43. The summed E-state index contributed by atoms with van der Waals surface area (Å²) >= 11 is -0.247. The zero-order chi connectivity index (χ0) is 13.8. The van der Waals surface area contributed by atoms with Gasteiger partial charge in [0.15, 0.2) is 0 Å². The van der Waals surface area contributed by atoms with Gasteiger partial charge in [-0.25, -0.2) is 0 Å². The molecule has 1 aromatic rings. The first-order chi connectivity index (χ1) is 8.28. The van der Waals surface area contributed by atoms with Crippen molar-refractivity contribution in [2.24, 2.45) is 0 Å². The van der Waals surface area contributed by atoms with E-state index in [-0.39, 0.29) is 22.3 Å². The van der Waals surface area contributed by atoms with Crippen LogP contribution in [0.3, 0.4) is 0 Å². The molecule has 0 aliphatic carbocycles. The number of alkyl halides is 3. The van der Waals surface area contributed by atoms with E-state index in [0.717, 1.165) is 5.57 Å². The summed E-state index contributed by atoms with van der Waals surface area (Å²) < 4.78 is 36.9. The third kappa shape index (κ3) is 5.27. The van der Waals surface area contributed by atoms with Crippen LogP contribution in [0.15, 0.2) is 40.8 Å². The molecule has 0 aliphatic heterocycles. The van der Waals surface area contributed by atoms with Crippen molar-refractivity contribution in [1.29, 1.82) is 0 Å². The van der Waals surface area contributed by atoms with Gasteiger partial charge in [0.1, 0.15) is 0 Å². The smallest absolute Gasteiger partial charge is 0.321 e. The average molecular weight is 275 g/mol. The number of amides is 1. The van der Waals surface area contributed by atoms with Crippen LogP contribution in [0.25, 0.3) is 0 Å². The molecule has 0 aromatic heterocycles. The Labute approximate surface area is 107 Å². The van der Waals surface area contributed by atoms with E-state index in [1.54, 1.807) is 19.9 Å². The molecule has 0 saturated carbocycles. The molecule has 0 heterocycles. The first-order valence-corrected chi connectivity index (χ1v) is 5.90. The minimum Gasteiger partial charge on any atom is -0.321 e. The van der Waals surface area contributed by atoms with Crippen molar-refractivity contribution in [3.63, 3.8) is 0 Å². The second-order valence-electron chi connectivity index (χ2n) is 3.75. The molecule has 0 aliphatic rings. The molecule has 18 heavy (non-hydrogen) atoms. The van der Waals surface area contributed by atoms with E-state index in [0.29, 0.717) is 0 Å². The van der Waals surface area contributed by atoms with Gasteiger partial charge in [0, 0.05) is 11.0 Å². The van der Waals surface area contributed by atoms with Crippen LogP contribution in [0, 0.1) is 0 Å². The number of allylic oxidation sites excluding steroid dienone is 1. The first kappa shape index (κ1) is 14.6. The lowest BCUT2D eigenvalue weighted by Gasteiger charge is -2.11. The van der Waals surface area contributed by atoms with Crippen molar-refractivity contribution in [3.8, 4) is 0 Å². The van der Waals surface area contributed by atoms with Crippen LogP contribution in [0.1, 0.15) is 13.8 Å². The lowest BCUT2D eigenvalue weighted by Crippen LogP contribution is -2.10. The van der Waals surface area contributed by atoms with E-state index >= 15 is 0 Å². The largest absolute Gasteiger partial charge is 0.446 e. The molecule has 0 atom stereocenters. The molecule has 0 radical (unpaired) electrons. The number of hydrogen-bond donors (Lipinski definition) is 1. The summed E-state index contributed by atoms with van der Waals surface area (Å²) in [6.07, 6.45) is 1.33. The van der Waals surface area contributed by atoms with Crippen LogP contribution < -0.4 is 5.32 Å². The molecule has 0 unspecified atom stereocenters. The van der Waals surface area contributed by atoms with Gasteiger partial charge >= 0.3 is 5.51 Å². The number of carbonyl (C=O) groups is 1. The van der Waals surface area contributed by atoms with Crippen molar-refractivity contribution >= 4 is 23.4 Å². The summed E-state index contributed by atoms with van der Waals surface area (Å²) in [5.41, 5.74) is -3.45. The maximum Gasteiger partial charge on any atom is 0.446 e. The van der Waals surface area contributed by atoms with Crippen LogP contribution >= 0.6 is 11.8 Å². The fourth-order valence-corrected chi connectivity index (χ4v) is 1.84. The van der Waals surface area contributed by atoms with Crippen LogP contribution in [-0.2, 0) is 4.79 Å². The van der Waals surface area contributed by atoms with Crippen molar-refractivity contribution in [2.45, 2.75) is 24.3 Å². The van der Waals surface area contributed by atoms with E-state index in [4.69, 9.17) is 0 Å². The fraction of sp³-hybridized carbons (Fsp3) is 0.250. The second-order valence-corrected chi connectivity index (χ2v) is 4.86. The molecule has 1 aromatic carbocycles. The monoisotopic (exact) mass is 275 g/mol. The third-order valence-electron chi connectivity index (χ3n) is 1.79. The molecule has 1 amide bonds. The van der Waals surface area contributed by atoms with E-state index in [9.17, 15) is 18.0 Å². The quantitative estimate of drug-likeness (QED) is 0.661. The Balaban J connectivity index is 2.89. The Morgan fingerprint density at radius 2 is 1.89 bits per heavy atom. The summed E-state index contributed by atoms with van der Waals surface area (Å²) in [6.45, 7) is 3.46. The zero-order valence-electron chi connectivity index (χ0n) is 9.84. The minimum absolute atomic E-state index is 0.0273. The topological polar surface area (TPSA) is 29.1 Å². The molecule has 0 saturated heterocycles. The van der Waals surface area contributed by atoms with Gasteiger partial charge in [-0.15, -0.1) is 0 Å². The molecule has 0 bridgehead atoms. The Morgan fingerprint density at radius 3 is 2.44 bits per heavy atom. The highest BCUT2D eigenvalue weighted by Gasteiger charge is 2.30. The molecular weight excluding hydrogens is 263 g/mol. The molecule has 98 valence electrons. The minimum atomic E-state index is -4.38. The van der Waals surface area contributed by atoms with Crippen molar-refractivity contribution in [2.75, 3.05) is 5.32 Å². The molecule has 2 nitrogen and oxygen atoms in total. The predicted octanol–water partition coefficient (Wildman–Crippen LogP) is 4.20. The number of nitrogens with one attached hydrogen (secondary N) is 1. The van der Waals surface area contributed by atoms with Gasteiger partial charge in [-0.3, -0.25) is 4.79 Å². The van der Waals surface area contributed by atoms with Crippen LogP contribution in [0.4, 0.5) is 18.9 Å². The lowest BCUT2D eigenvalue weighted by molar-refractivity contribution is -0.112. The summed E-state index contributed by atoms with van der Waals surface area (Å²) in [6, 6.07) is 5.81. The summed E-state index contributed by atoms with van der Waals surface area (Å²) in [4.78, 5) is 11.4. The van der Waals surface area contributed by atoms with E-state index in [1.807, 2.05) is 0 Å². The number of halogens is 3. The zero-order valence-corrected chi connectivity index (χ0v) is 10.7. The molecular formula is C12H12F3NOS. The molecule has 0 spiro atoms. The van der Waals surface area contributed by atoms with Crippen molar-refractivity contribution < 1.29 is 18.0 Å². The lowest BCUT2D eigenvalue weighted by atomic mass is 10.3. The van der Waals surface area contributed by atoms with E-state index < -0.39 is 11.4 Å². The number of benzene rings is 1. The summed E-state index contributed by atoms with van der Waals surface area (Å²) in [5.74, 6) is -0.440. The maximum atomic E-state index is 12.3. The fourth-order valence-electron chi connectivity index (χ4n) is 1.21. The first-order valence-electron chi connectivity index (χ1n) is 5.08. The molecule has 6 heteroatoms. The Bertz CT molecular complexity index is 465. The standard InChI is InChI=1S/C12H12F3NOS/c1-8(2)7-11(17)16-9-5-3-4-6-10(9)18-12(13,14)15/h3-7H,1-2H3,(H,16,17). The Hall–Kier alpha value is -1.43. The highest BCUT2D eigenvalue weighted by Crippen LogP contribution is 2.40. The van der Waals surface area contributed by atoms with Crippen LogP contribution in [-0.4, -0.2) is 11.4 Å². The van der Waals surface area contributed by atoms with Gasteiger partial charge in [0.2, 0.25) is 5.91 Å². The van der Waals surface area contributed by atoms with Gasteiger partial charge in [0.05, 0.1) is 5.69 Å². The number of hydrogen-bond acceptors (Lipinski definition) is 2. The highest BCUT2D eigenvalue weighted by molar-refractivity contribution is 8.00. The number of rotatable bonds is 3. The van der Waals surface area contributed by atoms with Crippen molar-refractivity contribution in [1.82, 2.24) is 0 Å². The van der Waals surface area contributed by atoms with Crippen LogP contribution in [0.5, 0.6) is 0 Å². The predicted molar refractivity (Wildman–Crippen MR) is 66.4 cm³/mol. The number of para-hydroxylation sites is 1. The van der Waals surface area contributed by atoms with E-state index in [1.165, 1.54) is 24.3 Å². The van der Waals surface area contributed by atoms with E-state index in [2.05, 4.69) is 5.32 Å². The Morgan fingerprint density at radius 1 is 1.28 bits per heavy atom. The number of carbonyl (C=O) groups excluding carboxylic acids is 1. The normalized spacial score (nSPS) is 10.9. The number of thioether (sulfide) groups is 1. The van der Waals surface area contributed by atoms with Crippen LogP contribution in [0.2, 0.25) is 0 Å². The SMILES string of the molecule is CC(C)=CC(=O)Nc1ccccc1SC(F)(F)F. The maximum absolute atomic E-state index is 12.3. The van der Waals surface area contributed by atoms with Crippen molar-refractivity contribution in [3.05, 3.63) is 35.9 Å². The second kappa shape index (κ2) is 5.95. The van der Waals surface area contributed by atoms with Gasteiger partial charge in [-0.1, -0.05) is 17.7 Å². The third-order valence-corrected chi connectivity index (χ3v) is 2.60. The average Bonchev–Trinajstić information content (AvgIpc) is 2.17. The molecule has 1 rings (SSSR count). The molecule has 1 N–H and O–H groups in total. The number of anilines is 1. The van der Waals surface area contributed by atoms with Gasteiger partial charge < -0.3 is 5.32 Å². The highest BCUT2D eigenvalue weighted by atomic mass is 32.2. The van der Waals surface area contributed by atoms with Gasteiger partial charge in [0.25, 0.3) is 0 Å². The van der Waals surface area contributed by atoms with Gasteiger partial charge in [-0.05, 0) is 37.7 Å². The summed E-state index contributed by atoms with van der Waals surface area (Å²) in [7, 11) is 0.